The van der Waals surface area contributed by atoms with E-state index in [9.17, 15) is 9.59 Å². The first-order valence-corrected chi connectivity index (χ1v) is 10.9. The fraction of sp³-hybridized carbons (Fsp3) is 0.550. The summed E-state index contributed by atoms with van der Waals surface area (Å²) in [6, 6.07) is 5.82. The summed E-state index contributed by atoms with van der Waals surface area (Å²) in [7, 11) is 0. The van der Waals surface area contributed by atoms with E-state index >= 15 is 0 Å². The molecule has 1 atom stereocenters. The highest BCUT2D eigenvalue weighted by Gasteiger charge is 2.38. The zero-order valence-electron chi connectivity index (χ0n) is 15.8. The zero-order chi connectivity index (χ0) is 19.4. The third kappa shape index (κ3) is 4.85. The van der Waals surface area contributed by atoms with Crippen molar-refractivity contribution in [2.75, 3.05) is 6.54 Å². The molecule has 1 N–H and O–H groups in total. The van der Waals surface area contributed by atoms with E-state index < -0.39 is 5.25 Å². The van der Waals surface area contributed by atoms with Gasteiger partial charge in [0.15, 0.2) is 5.17 Å². The molecular weight excluding hydrogens is 382 g/mol. The van der Waals surface area contributed by atoms with E-state index in [0.29, 0.717) is 16.7 Å². The quantitative estimate of drug-likeness (QED) is 0.784. The Labute approximate surface area is 169 Å². The Bertz CT molecular complexity index is 747. The number of rotatable bonds is 5. The Morgan fingerprint density at radius 1 is 1.33 bits per heavy atom. The molecule has 1 unspecified atom stereocenters. The topological polar surface area (TPSA) is 61.8 Å². The Morgan fingerprint density at radius 3 is 2.78 bits per heavy atom. The first kappa shape index (κ1) is 20.2. The zero-order valence-corrected chi connectivity index (χ0v) is 17.4. The highest BCUT2D eigenvalue weighted by molar-refractivity contribution is 8.15. The van der Waals surface area contributed by atoms with E-state index in [4.69, 9.17) is 11.6 Å². The second kappa shape index (κ2) is 9.11. The number of halogens is 1. The van der Waals surface area contributed by atoms with Crippen LogP contribution in [0.4, 0.5) is 5.69 Å². The Hall–Kier alpha value is -1.53. The molecule has 27 heavy (non-hydrogen) atoms. The van der Waals surface area contributed by atoms with Crippen molar-refractivity contribution < 1.29 is 9.59 Å². The molecule has 1 aliphatic carbocycles. The fourth-order valence-corrected chi connectivity index (χ4v) is 4.92. The maximum Gasteiger partial charge on any atom is 0.242 e. The van der Waals surface area contributed by atoms with Gasteiger partial charge in [-0.05, 0) is 44.4 Å². The third-order valence-corrected chi connectivity index (χ3v) is 6.72. The molecule has 0 bridgehead atoms. The summed E-state index contributed by atoms with van der Waals surface area (Å²) in [6.45, 7) is 4.36. The molecule has 2 amide bonds. The van der Waals surface area contributed by atoms with Crippen LogP contribution in [0.15, 0.2) is 23.2 Å². The van der Waals surface area contributed by atoms with Crippen molar-refractivity contribution in [2.24, 2.45) is 4.99 Å². The molecule has 7 heteroatoms. The van der Waals surface area contributed by atoms with Crippen LogP contribution in [0.1, 0.15) is 51.0 Å². The van der Waals surface area contributed by atoms with Crippen LogP contribution in [0.5, 0.6) is 0 Å². The first-order chi connectivity index (χ1) is 13.0. The molecule has 146 valence electrons. The van der Waals surface area contributed by atoms with Gasteiger partial charge in [0.1, 0.15) is 5.25 Å². The van der Waals surface area contributed by atoms with E-state index in [2.05, 4.69) is 10.3 Å². The lowest BCUT2D eigenvalue weighted by atomic mass is 9.95. The number of thioether (sulfide) groups is 1. The molecule has 1 aromatic rings. The van der Waals surface area contributed by atoms with E-state index in [-0.39, 0.29) is 24.3 Å². The minimum atomic E-state index is -0.410. The number of nitrogens with zero attached hydrogens (tertiary/aromatic N) is 2. The van der Waals surface area contributed by atoms with Crippen LogP contribution >= 0.6 is 23.4 Å². The number of benzene rings is 1. The van der Waals surface area contributed by atoms with Crippen LogP contribution in [-0.4, -0.2) is 39.7 Å². The molecule has 0 spiro atoms. The fourth-order valence-electron chi connectivity index (χ4n) is 3.54. The van der Waals surface area contributed by atoms with Crippen molar-refractivity contribution in [1.82, 2.24) is 10.2 Å². The van der Waals surface area contributed by atoms with E-state index in [1.807, 2.05) is 32.0 Å². The summed E-state index contributed by atoms with van der Waals surface area (Å²) in [5.41, 5.74) is 1.64. The van der Waals surface area contributed by atoms with Crippen molar-refractivity contribution in [1.29, 1.82) is 0 Å². The molecular formula is C20H26ClN3O2S. The summed E-state index contributed by atoms with van der Waals surface area (Å²) in [4.78, 5) is 31.5. The van der Waals surface area contributed by atoms with Gasteiger partial charge in [-0.1, -0.05) is 48.7 Å². The minimum absolute atomic E-state index is 0.0380. The molecule has 1 saturated heterocycles. The van der Waals surface area contributed by atoms with Gasteiger partial charge in [0, 0.05) is 24.0 Å². The number of nitrogens with one attached hydrogen (secondary N) is 1. The number of amides is 2. The largest absolute Gasteiger partial charge is 0.353 e. The van der Waals surface area contributed by atoms with E-state index in [0.717, 1.165) is 24.1 Å². The van der Waals surface area contributed by atoms with E-state index in [1.54, 1.807) is 4.90 Å². The van der Waals surface area contributed by atoms with Crippen LogP contribution in [0, 0.1) is 6.92 Å². The molecule has 1 heterocycles. The predicted molar refractivity (Wildman–Crippen MR) is 112 cm³/mol. The highest BCUT2D eigenvalue weighted by atomic mass is 35.5. The van der Waals surface area contributed by atoms with Crippen molar-refractivity contribution >= 4 is 46.0 Å². The summed E-state index contributed by atoms with van der Waals surface area (Å²) in [5.74, 6) is -0.0799. The SMILES string of the molecule is CCN1C(=O)C(CC(=O)NC2CCCCC2)SC1=Nc1cccc(Cl)c1C. The van der Waals surface area contributed by atoms with Gasteiger partial charge in [-0.3, -0.25) is 14.5 Å². The molecule has 1 saturated carbocycles. The van der Waals surface area contributed by atoms with Crippen LogP contribution in [0.2, 0.25) is 5.02 Å². The highest BCUT2D eigenvalue weighted by Crippen LogP contribution is 2.33. The Kier molecular flexibility index (Phi) is 6.82. The van der Waals surface area contributed by atoms with Crippen LogP contribution in [0.25, 0.3) is 0 Å². The molecule has 5 nitrogen and oxygen atoms in total. The van der Waals surface area contributed by atoms with Gasteiger partial charge in [0.05, 0.1) is 5.69 Å². The second-order valence-corrected chi connectivity index (χ2v) is 8.65. The maximum atomic E-state index is 12.7. The molecule has 2 aliphatic rings. The van der Waals surface area contributed by atoms with Crippen molar-refractivity contribution in [2.45, 2.75) is 63.7 Å². The van der Waals surface area contributed by atoms with Crippen molar-refractivity contribution in [3.05, 3.63) is 28.8 Å². The third-order valence-electron chi connectivity index (χ3n) is 5.13. The second-order valence-electron chi connectivity index (χ2n) is 7.07. The maximum absolute atomic E-state index is 12.7. The van der Waals surface area contributed by atoms with E-state index in [1.165, 1.54) is 31.0 Å². The number of amidine groups is 1. The van der Waals surface area contributed by atoms with Gasteiger partial charge in [-0.2, -0.15) is 0 Å². The van der Waals surface area contributed by atoms with Crippen LogP contribution in [-0.2, 0) is 9.59 Å². The standard InChI is InChI=1S/C20H26ClN3O2S/c1-3-24-19(26)17(12-18(25)22-14-8-5-4-6-9-14)27-20(24)23-16-11-7-10-15(21)13(16)2/h7,10-11,14,17H,3-6,8-9,12H2,1-2H3,(H,22,25). The summed E-state index contributed by atoms with van der Waals surface area (Å²) >= 11 is 7.55. The first-order valence-electron chi connectivity index (χ1n) is 9.60. The van der Waals surface area contributed by atoms with Gasteiger partial charge < -0.3 is 5.32 Å². The lowest BCUT2D eigenvalue weighted by Gasteiger charge is -2.23. The number of hydrogen-bond acceptors (Lipinski definition) is 4. The smallest absolute Gasteiger partial charge is 0.242 e. The summed E-state index contributed by atoms with van der Waals surface area (Å²) in [5, 5.41) is 3.98. The molecule has 0 aromatic heterocycles. The Morgan fingerprint density at radius 2 is 2.07 bits per heavy atom. The Balaban J connectivity index is 1.69. The lowest BCUT2D eigenvalue weighted by molar-refractivity contribution is -0.129. The van der Waals surface area contributed by atoms with Gasteiger partial charge in [-0.25, -0.2) is 4.99 Å². The van der Waals surface area contributed by atoms with Gasteiger partial charge in [-0.15, -0.1) is 0 Å². The van der Waals surface area contributed by atoms with Crippen molar-refractivity contribution in [3.8, 4) is 0 Å². The predicted octanol–water partition coefficient (Wildman–Crippen LogP) is 4.44. The average Bonchev–Trinajstić information content (AvgIpc) is 2.94. The minimum Gasteiger partial charge on any atom is -0.353 e. The van der Waals surface area contributed by atoms with Gasteiger partial charge in [0.25, 0.3) is 0 Å². The lowest BCUT2D eigenvalue weighted by Crippen LogP contribution is -2.39. The normalized spacial score (nSPS) is 22.5. The van der Waals surface area contributed by atoms with Gasteiger partial charge in [0.2, 0.25) is 11.8 Å². The average molecular weight is 408 g/mol. The monoisotopic (exact) mass is 407 g/mol. The van der Waals surface area contributed by atoms with Crippen LogP contribution in [0.3, 0.4) is 0 Å². The number of aliphatic imine (C=N–C) groups is 1. The molecule has 1 aromatic carbocycles. The molecule has 1 aliphatic heterocycles. The number of carbonyl (C=O) groups excluding carboxylic acids is 2. The molecule has 3 rings (SSSR count). The number of hydrogen-bond donors (Lipinski definition) is 1. The summed E-state index contributed by atoms with van der Waals surface area (Å²) in [6.07, 6.45) is 5.86. The van der Waals surface area contributed by atoms with Crippen LogP contribution < -0.4 is 5.32 Å². The van der Waals surface area contributed by atoms with Crippen molar-refractivity contribution in [3.63, 3.8) is 0 Å². The molecule has 0 radical (unpaired) electrons. The number of carbonyl (C=O) groups is 2. The molecule has 2 fully saturated rings. The van der Waals surface area contributed by atoms with Gasteiger partial charge >= 0.3 is 0 Å². The summed E-state index contributed by atoms with van der Waals surface area (Å²) < 4.78 is 0.